The number of nitrogens with zero attached hydrogens (tertiary/aromatic N) is 4. The number of aromatic nitrogens is 3. The summed E-state index contributed by atoms with van der Waals surface area (Å²) in [5, 5.41) is 8.81. The molecule has 1 saturated heterocycles. The van der Waals surface area contributed by atoms with Crippen LogP contribution in [0.3, 0.4) is 0 Å². The zero-order chi connectivity index (χ0) is 14.2. The molecule has 0 radical (unpaired) electrons. The number of halogens is 1. The summed E-state index contributed by atoms with van der Waals surface area (Å²) in [7, 11) is 0. The van der Waals surface area contributed by atoms with Crippen LogP contribution in [0, 0.1) is 5.92 Å². The molecular weight excluding hydrogens is 286 g/mol. The molecule has 0 bridgehead atoms. The van der Waals surface area contributed by atoms with Gasteiger partial charge in [-0.2, -0.15) is 4.98 Å². The maximum absolute atomic E-state index is 6.03. The molecule has 2 aromatic heterocycles. The Bertz CT molecular complexity index is 630. The van der Waals surface area contributed by atoms with E-state index in [0.29, 0.717) is 17.0 Å². The highest BCUT2D eigenvalue weighted by molar-refractivity contribution is 6.30. The van der Waals surface area contributed by atoms with Crippen LogP contribution in [0.2, 0.25) is 5.02 Å². The molecule has 112 valence electrons. The lowest BCUT2D eigenvalue weighted by Crippen LogP contribution is -2.39. The minimum absolute atomic E-state index is 0.625. The molecule has 1 atom stereocenters. The van der Waals surface area contributed by atoms with Crippen LogP contribution in [0.4, 0.5) is 5.95 Å². The summed E-state index contributed by atoms with van der Waals surface area (Å²) in [5.74, 6) is 1.56. The monoisotopic (exact) mass is 305 g/mol. The van der Waals surface area contributed by atoms with Gasteiger partial charge in [0.25, 0.3) is 0 Å². The van der Waals surface area contributed by atoms with Crippen LogP contribution in [0.15, 0.2) is 18.3 Å². The molecule has 2 aliphatic rings. The third-order valence-electron chi connectivity index (χ3n) is 4.38. The van der Waals surface area contributed by atoms with E-state index in [9.17, 15) is 0 Å². The van der Waals surface area contributed by atoms with Gasteiger partial charge in [0.15, 0.2) is 5.65 Å². The lowest BCUT2D eigenvalue weighted by atomic mass is 9.99. The number of hydrogen-bond acceptors (Lipinski definition) is 4. The molecule has 4 rings (SSSR count). The maximum atomic E-state index is 6.03. The van der Waals surface area contributed by atoms with Crippen molar-refractivity contribution in [2.45, 2.75) is 31.7 Å². The average Bonchev–Trinajstić information content (AvgIpc) is 3.25. The van der Waals surface area contributed by atoms with Crippen molar-refractivity contribution in [2.75, 3.05) is 24.5 Å². The van der Waals surface area contributed by atoms with Crippen LogP contribution < -0.4 is 10.2 Å². The summed E-state index contributed by atoms with van der Waals surface area (Å²) in [4.78, 5) is 7.08. The van der Waals surface area contributed by atoms with Gasteiger partial charge in [0, 0.05) is 18.8 Å². The standard InChI is InChI=1S/C15H20ClN5/c16-12-3-6-14-18-15(19-21(14)10-12)20(13-4-5-13)9-11-2-1-7-17-8-11/h3,6,10-11,13,17H,1-2,4-5,7-9H2. The molecule has 5 nitrogen and oxygen atoms in total. The van der Waals surface area contributed by atoms with E-state index >= 15 is 0 Å². The first-order chi connectivity index (χ1) is 10.3. The van der Waals surface area contributed by atoms with Gasteiger partial charge in [-0.3, -0.25) is 0 Å². The summed E-state index contributed by atoms with van der Waals surface area (Å²) in [6, 6.07) is 4.41. The number of anilines is 1. The van der Waals surface area contributed by atoms with Gasteiger partial charge in [0.2, 0.25) is 5.95 Å². The van der Waals surface area contributed by atoms with Crippen LogP contribution in [0.1, 0.15) is 25.7 Å². The number of hydrogen-bond donors (Lipinski definition) is 1. The summed E-state index contributed by atoms with van der Waals surface area (Å²) in [6.45, 7) is 3.33. The third kappa shape index (κ3) is 2.85. The van der Waals surface area contributed by atoms with E-state index in [1.807, 2.05) is 18.3 Å². The predicted octanol–water partition coefficient (Wildman–Crippen LogP) is 2.35. The molecule has 2 aromatic rings. The summed E-state index contributed by atoms with van der Waals surface area (Å²) in [6.07, 6.45) is 6.92. The highest BCUT2D eigenvalue weighted by atomic mass is 35.5. The smallest absolute Gasteiger partial charge is 0.245 e. The molecular formula is C15H20ClN5. The lowest BCUT2D eigenvalue weighted by Gasteiger charge is -2.29. The molecule has 1 N–H and O–H groups in total. The van der Waals surface area contributed by atoms with Gasteiger partial charge in [-0.25, -0.2) is 4.52 Å². The van der Waals surface area contributed by atoms with E-state index in [0.717, 1.165) is 31.2 Å². The Kier molecular flexibility index (Phi) is 3.47. The number of rotatable bonds is 4. The Labute approximate surface area is 129 Å². The maximum Gasteiger partial charge on any atom is 0.245 e. The van der Waals surface area contributed by atoms with E-state index in [2.05, 4.69) is 20.3 Å². The highest BCUT2D eigenvalue weighted by Crippen LogP contribution is 2.31. The Morgan fingerprint density at radius 2 is 2.24 bits per heavy atom. The van der Waals surface area contributed by atoms with Crippen molar-refractivity contribution in [1.29, 1.82) is 0 Å². The normalized spacial score (nSPS) is 22.6. The van der Waals surface area contributed by atoms with Gasteiger partial charge < -0.3 is 10.2 Å². The van der Waals surface area contributed by atoms with Crippen molar-refractivity contribution in [3.05, 3.63) is 23.4 Å². The largest absolute Gasteiger partial charge is 0.336 e. The Morgan fingerprint density at radius 1 is 1.33 bits per heavy atom. The van der Waals surface area contributed by atoms with E-state index in [-0.39, 0.29) is 0 Å². The van der Waals surface area contributed by atoms with Crippen molar-refractivity contribution in [3.63, 3.8) is 0 Å². The Morgan fingerprint density at radius 3 is 3.00 bits per heavy atom. The first kappa shape index (κ1) is 13.3. The van der Waals surface area contributed by atoms with Crippen LogP contribution in [0.25, 0.3) is 5.65 Å². The van der Waals surface area contributed by atoms with Crippen LogP contribution >= 0.6 is 11.6 Å². The van der Waals surface area contributed by atoms with Crippen molar-refractivity contribution < 1.29 is 0 Å². The van der Waals surface area contributed by atoms with Gasteiger partial charge in [0.1, 0.15) is 0 Å². The number of nitrogens with one attached hydrogen (secondary N) is 1. The minimum atomic E-state index is 0.625. The van der Waals surface area contributed by atoms with E-state index in [4.69, 9.17) is 11.6 Å². The molecule has 21 heavy (non-hydrogen) atoms. The fourth-order valence-electron chi connectivity index (χ4n) is 3.11. The summed E-state index contributed by atoms with van der Waals surface area (Å²) >= 11 is 6.03. The van der Waals surface area contributed by atoms with Gasteiger partial charge in [-0.15, -0.1) is 5.10 Å². The Hall–Kier alpha value is -1.33. The second-order valence-corrected chi connectivity index (χ2v) is 6.59. The first-order valence-corrected chi connectivity index (χ1v) is 8.17. The van der Waals surface area contributed by atoms with Gasteiger partial charge in [0.05, 0.1) is 5.02 Å². The third-order valence-corrected chi connectivity index (χ3v) is 4.61. The van der Waals surface area contributed by atoms with Crippen LogP contribution in [-0.4, -0.2) is 40.3 Å². The molecule has 2 fully saturated rings. The molecule has 1 aliphatic heterocycles. The highest BCUT2D eigenvalue weighted by Gasteiger charge is 2.33. The van der Waals surface area contributed by atoms with E-state index in [1.54, 1.807) is 4.52 Å². The van der Waals surface area contributed by atoms with E-state index in [1.165, 1.54) is 25.7 Å². The molecule has 1 saturated carbocycles. The van der Waals surface area contributed by atoms with Crippen LogP contribution in [0.5, 0.6) is 0 Å². The quantitative estimate of drug-likeness (QED) is 0.942. The van der Waals surface area contributed by atoms with Crippen LogP contribution in [-0.2, 0) is 0 Å². The minimum Gasteiger partial charge on any atom is -0.336 e. The topological polar surface area (TPSA) is 45.5 Å². The van der Waals surface area contributed by atoms with E-state index < -0.39 is 0 Å². The molecule has 6 heteroatoms. The fraction of sp³-hybridized carbons (Fsp3) is 0.600. The molecule has 1 aliphatic carbocycles. The van der Waals surface area contributed by atoms with Crippen molar-refractivity contribution >= 4 is 23.2 Å². The second kappa shape index (κ2) is 5.46. The zero-order valence-corrected chi connectivity index (χ0v) is 12.8. The molecule has 0 amide bonds. The van der Waals surface area contributed by atoms with Gasteiger partial charge >= 0.3 is 0 Å². The Balaban J connectivity index is 1.59. The van der Waals surface area contributed by atoms with Gasteiger partial charge in [-0.1, -0.05) is 11.6 Å². The number of piperidine rings is 1. The fourth-order valence-corrected chi connectivity index (χ4v) is 3.26. The summed E-state index contributed by atoms with van der Waals surface area (Å²) in [5.41, 5.74) is 0.863. The number of fused-ring (bicyclic) bond motifs is 1. The molecule has 0 spiro atoms. The summed E-state index contributed by atoms with van der Waals surface area (Å²) < 4.78 is 1.78. The van der Waals surface area contributed by atoms with Crippen molar-refractivity contribution in [1.82, 2.24) is 19.9 Å². The van der Waals surface area contributed by atoms with Crippen molar-refractivity contribution in [2.24, 2.45) is 5.92 Å². The zero-order valence-electron chi connectivity index (χ0n) is 12.0. The predicted molar refractivity (Wildman–Crippen MR) is 84.0 cm³/mol. The molecule has 3 heterocycles. The first-order valence-electron chi connectivity index (χ1n) is 7.79. The average molecular weight is 306 g/mol. The lowest BCUT2D eigenvalue weighted by molar-refractivity contribution is 0.374. The SMILES string of the molecule is Clc1ccc2nc(N(CC3CCCNC3)C3CC3)nn2c1. The second-order valence-electron chi connectivity index (χ2n) is 6.16. The molecule has 1 unspecified atom stereocenters. The number of pyridine rings is 1. The van der Waals surface area contributed by atoms with Gasteiger partial charge in [-0.05, 0) is 56.8 Å². The van der Waals surface area contributed by atoms with Crippen molar-refractivity contribution in [3.8, 4) is 0 Å². The molecule has 0 aromatic carbocycles.